The number of esters is 1. The van der Waals surface area contributed by atoms with Crippen molar-refractivity contribution in [3.05, 3.63) is 12.3 Å². The molecule has 0 bridgehead atoms. The summed E-state index contributed by atoms with van der Waals surface area (Å²) in [7, 11) is 1.54. The standard InChI is InChI=1S/C12H19N3O3/c1-5-18-11(16)8-15(9(2)3)12-13-7-6-10(14-12)17-4/h6-7,9H,5,8H2,1-4H3. The molecule has 0 aliphatic heterocycles. The molecule has 1 aromatic rings. The van der Waals surface area contributed by atoms with Crippen molar-refractivity contribution in [2.24, 2.45) is 0 Å². The smallest absolute Gasteiger partial charge is 0.325 e. The Balaban J connectivity index is 2.86. The Morgan fingerprint density at radius 3 is 2.78 bits per heavy atom. The molecule has 0 saturated heterocycles. The number of methoxy groups -OCH3 is 1. The van der Waals surface area contributed by atoms with Gasteiger partial charge < -0.3 is 14.4 Å². The maximum absolute atomic E-state index is 11.5. The molecule has 100 valence electrons. The Bertz CT molecular complexity index is 396. The van der Waals surface area contributed by atoms with Gasteiger partial charge in [-0.25, -0.2) is 4.98 Å². The van der Waals surface area contributed by atoms with E-state index in [0.717, 1.165) is 0 Å². The van der Waals surface area contributed by atoms with Gasteiger partial charge in [0.25, 0.3) is 0 Å². The summed E-state index contributed by atoms with van der Waals surface area (Å²) in [5.74, 6) is 0.629. The molecule has 0 aliphatic rings. The van der Waals surface area contributed by atoms with E-state index >= 15 is 0 Å². The summed E-state index contributed by atoms with van der Waals surface area (Å²) < 4.78 is 9.98. The fraction of sp³-hybridized carbons (Fsp3) is 0.583. The van der Waals surface area contributed by atoms with Gasteiger partial charge in [0, 0.05) is 18.3 Å². The fourth-order valence-corrected chi connectivity index (χ4v) is 1.41. The average molecular weight is 253 g/mol. The van der Waals surface area contributed by atoms with Crippen molar-refractivity contribution in [2.75, 3.05) is 25.2 Å². The van der Waals surface area contributed by atoms with Crippen LogP contribution in [-0.2, 0) is 9.53 Å². The minimum absolute atomic E-state index is 0.0847. The van der Waals surface area contributed by atoms with Crippen LogP contribution in [0.15, 0.2) is 12.3 Å². The van der Waals surface area contributed by atoms with Crippen molar-refractivity contribution in [3.63, 3.8) is 0 Å². The highest BCUT2D eigenvalue weighted by Gasteiger charge is 2.18. The van der Waals surface area contributed by atoms with E-state index in [1.165, 1.54) is 7.11 Å². The van der Waals surface area contributed by atoms with Gasteiger partial charge in [-0.05, 0) is 20.8 Å². The highest BCUT2D eigenvalue weighted by Crippen LogP contribution is 2.14. The van der Waals surface area contributed by atoms with Gasteiger partial charge in [0.1, 0.15) is 6.54 Å². The topological polar surface area (TPSA) is 64.5 Å². The van der Waals surface area contributed by atoms with Gasteiger partial charge in [-0.15, -0.1) is 0 Å². The van der Waals surface area contributed by atoms with Gasteiger partial charge in [0.15, 0.2) is 0 Å². The minimum Gasteiger partial charge on any atom is -0.481 e. The van der Waals surface area contributed by atoms with Crippen LogP contribution < -0.4 is 9.64 Å². The van der Waals surface area contributed by atoms with E-state index in [-0.39, 0.29) is 18.6 Å². The highest BCUT2D eigenvalue weighted by atomic mass is 16.5. The van der Waals surface area contributed by atoms with Crippen LogP contribution in [0, 0.1) is 0 Å². The number of aromatic nitrogens is 2. The maximum Gasteiger partial charge on any atom is 0.325 e. The molecule has 1 aromatic heterocycles. The van der Waals surface area contributed by atoms with E-state index in [1.54, 1.807) is 24.1 Å². The second-order valence-corrected chi connectivity index (χ2v) is 3.93. The quantitative estimate of drug-likeness (QED) is 0.711. The summed E-state index contributed by atoms with van der Waals surface area (Å²) in [4.78, 5) is 21.7. The molecule has 0 amide bonds. The lowest BCUT2D eigenvalue weighted by Crippen LogP contribution is -2.37. The number of carbonyl (C=O) groups excluding carboxylic acids is 1. The van der Waals surface area contributed by atoms with Crippen LogP contribution in [0.5, 0.6) is 5.88 Å². The number of carbonyl (C=O) groups is 1. The Labute approximate surface area is 107 Å². The van der Waals surface area contributed by atoms with Gasteiger partial charge in [-0.2, -0.15) is 4.98 Å². The van der Waals surface area contributed by atoms with E-state index < -0.39 is 0 Å². The van der Waals surface area contributed by atoms with Crippen molar-refractivity contribution in [2.45, 2.75) is 26.8 Å². The van der Waals surface area contributed by atoms with Crippen molar-refractivity contribution in [1.82, 2.24) is 9.97 Å². The molecule has 6 heteroatoms. The Morgan fingerprint density at radius 2 is 2.22 bits per heavy atom. The third-order valence-corrected chi connectivity index (χ3v) is 2.31. The van der Waals surface area contributed by atoms with E-state index in [2.05, 4.69) is 9.97 Å². The zero-order chi connectivity index (χ0) is 13.5. The second kappa shape index (κ2) is 6.78. The van der Waals surface area contributed by atoms with Crippen LogP contribution in [0.1, 0.15) is 20.8 Å². The molecule has 1 rings (SSSR count). The predicted molar refractivity (Wildman–Crippen MR) is 67.7 cm³/mol. The number of nitrogens with zero attached hydrogens (tertiary/aromatic N) is 3. The molecule has 0 saturated carbocycles. The lowest BCUT2D eigenvalue weighted by Gasteiger charge is -2.25. The molecule has 0 radical (unpaired) electrons. The molecule has 0 aliphatic carbocycles. The first-order valence-electron chi connectivity index (χ1n) is 5.87. The minimum atomic E-state index is -0.294. The molecule has 0 atom stereocenters. The van der Waals surface area contributed by atoms with Gasteiger partial charge in [0.05, 0.1) is 13.7 Å². The fourth-order valence-electron chi connectivity index (χ4n) is 1.41. The van der Waals surface area contributed by atoms with E-state index in [4.69, 9.17) is 9.47 Å². The molecule has 0 aromatic carbocycles. The first kappa shape index (κ1) is 14.2. The zero-order valence-corrected chi connectivity index (χ0v) is 11.2. The number of ether oxygens (including phenoxy) is 2. The largest absolute Gasteiger partial charge is 0.481 e. The summed E-state index contributed by atoms with van der Waals surface area (Å²) in [6.07, 6.45) is 1.60. The maximum atomic E-state index is 11.5. The van der Waals surface area contributed by atoms with Crippen LogP contribution in [0.2, 0.25) is 0 Å². The first-order chi connectivity index (χ1) is 8.58. The van der Waals surface area contributed by atoms with Crippen molar-refractivity contribution >= 4 is 11.9 Å². The van der Waals surface area contributed by atoms with Gasteiger partial charge in [-0.1, -0.05) is 0 Å². The predicted octanol–water partition coefficient (Wildman–Crippen LogP) is 1.26. The molecule has 6 nitrogen and oxygen atoms in total. The van der Waals surface area contributed by atoms with Crippen LogP contribution in [0.3, 0.4) is 0 Å². The van der Waals surface area contributed by atoms with Gasteiger partial charge in [-0.3, -0.25) is 4.79 Å². The van der Waals surface area contributed by atoms with Crippen molar-refractivity contribution < 1.29 is 14.3 Å². The molecular weight excluding hydrogens is 234 g/mol. The molecule has 0 spiro atoms. The van der Waals surface area contributed by atoms with Gasteiger partial charge >= 0.3 is 5.97 Å². The van der Waals surface area contributed by atoms with Gasteiger partial charge in [0.2, 0.25) is 11.8 Å². The second-order valence-electron chi connectivity index (χ2n) is 3.93. The summed E-state index contributed by atoms with van der Waals surface area (Å²) in [5.41, 5.74) is 0. The Kier molecular flexibility index (Phi) is 5.35. The molecule has 0 N–H and O–H groups in total. The van der Waals surface area contributed by atoms with E-state index in [0.29, 0.717) is 18.4 Å². The molecule has 0 fully saturated rings. The number of rotatable bonds is 6. The Hall–Kier alpha value is -1.85. The normalized spacial score (nSPS) is 10.3. The number of hydrogen-bond acceptors (Lipinski definition) is 6. The lowest BCUT2D eigenvalue weighted by atomic mass is 10.3. The zero-order valence-electron chi connectivity index (χ0n) is 11.2. The van der Waals surface area contributed by atoms with Crippen molar-refractivity contribution in [1.29, 1.82) is 0 Å². The molecule has 1 heterocycles. The van der Waals surface area contributed by atoms with Crippen LogP contribution in [0.4, 0.5) is 5.95 Å². The number of anilines is 1. The molecule has 0 unspecified atom stereocenters. The van der Waals surface area contributed by atoms with E-state index in [1.807, 2.05) is 13.8 Å². The third-order valence-electron chi connectivity index (χ3n) is 2.31. The average Bonchev–Trinajstić information content (AvgIpc) is 2.36. The van der Waals surface area contributed by atoms with Crippen LogP contribution in [-0.4, -0.2) is 42.2 Å². The monoisotopic (exact) mass is 253 g/mol. The third kappa shape index (κ3) is 3.87. The van der Waals surface area contributed by atoms with Crippen LogP contribution >= 0.6 is 0 Å². The van der Waals surface area contributed by atoms with Crippen molar-refractivity contribution in [3.8, 4) is 5.88 Å². The summed E-state index contributed by atoms with van der Waals surface area (Å²) in [6.45, 7) is 6.19. The highest BCUT2D eigenvalue weighted by molar-refractivity contribution is 5.75. The molecular formula is C12H19N3O3. The van der Waals surface area contributed by atoms with E-state index in [9.17, 15) is 4.79 Å². The Morgan fingerprint density at radius 1 is 1.50 bits per heavy atom. The number of hydrogen-bond donors (Lipinski definition) is 0. The SMILES string of the molecule is CCOC(=O)CN(c1nccc(OC)n1)C(C)C. The lowest BCUT2D eigenvalue weighted by molar-refractivity contribution is -0.141. The summed E-state index contributed by atoms with van der Waals surface area (Å²) in [5, 5.41) is 0. The molecule has 18 heavy (non-hydrogen) atoms. The summed E-state index contributed by atoms with van der Waals surface area (Å²) >= 11 is 0. The summed E-state index contributed by atoms with van der Waals surface area (Å²) in [6, 6.07) is 1.74. The first-order valence-corrected chi connectivity index (χ1v) is 5.87. The van der Waals surface area contributed by atoms with Crippen LogP contribution in [0.25, 0.3) is 0 Å².